The van der Waals surface area contributed by atoms with Gasteiger partial charge in [-0.2, -0.15) is 11.3 Å². The molecule has 4 nitrogen and oxygen atoms in total. The zero-order chi connectivity index (χ0) is 20.0. The third kappa shape index (κ3) is 28.8. The number of allylic oxidation sites excluding steroid dienone is 2. The molecule has 1 aromatic heterocycles. The highest BCUT2D eigenvalue weighted by Crippen LogP contribution is 2.15. The van der Waals surface area contributed by atoms with Gasteiger partial charge in [-0.1, -0.05) is 26.0 Å². The monoisotopic (exact) mass is 359 g/mol. The average molecular weight is 360 g/mol. The second-order valence-corrected chi connectivity index (χ2v) is 5.83. The van der Waals surface area contributed by atoms with E-state index in [1.165, 1.54) is 0 Å². The number of carbonyl (C=O) groups excluding carboxylic acids is 2. The summed E-state index contributed by atoms with van der Waals surface area (Å²) < 4.78 is 4.94. The summed E-state index contributed by atoms with van der Waals surface area (Å²) in [6.07, 6.45) is 5.26. The summed E-state index contributed by atoms with van der Waals surface area (Å²) in [5.41, 5.74) is 6.72. The molecule has 1 aromatic rings. The molecule has 0 aromatic carbocycles. The highest BCUT2D eigenvalue weighted by atomic mass is 32.1. The van der Waals surface area contributed by atoms with Crippen molar-refractivity contribution < 1.29 is 14.3 Å². The van der Waals surface area contributed by atoms with Gasteiger partial charge in [0.1, 0.15) is 13.1 Å². The first-order chi connectivity index (χ1) is 11.3. The van der Waals surface area contributed by atoms with E-state index in [0.29, 0.717) is 6.42 Å². The van der Waals surface area contributed by atoms with Crippen LogP contribution in [0, 0.1) is 0 Å². The highest BCUT2D eigenvalue weighted by Gasteiger charge is 2.04. The van der Waals surface area contributed by atoms with Crippen LogP contribution in [0.5, 0.6) is 0 Å². The van der Waals surface area contributed by atoms with Gasteiger partial charge in [0.05, 0.1) is 5.60 Å². The SMILES string of the molecule is C/C=C\C.C=O.CC.COC(C)(C)C.NC(CC=O)c1ccsc1. The minimum absolute atomic E-state index is 0.0417. The minimum atomic E-state index is -0.108. The van der Waals surface area contributed by atoms with E-state index >= 15 is 0 Å². The molecule has 142 valence electrons. The van der Waals surface area contributed by atoms with Crippen molar-refractivity contribution in [3.63, 3.8) is 0 Å². The van der Waals surface area contributed by atoms with Crippen molar-refractivity contribution in [1.29, 1.82) is 0 Å². The number of aldehydes is 1. The molecule has 24 heavy (non-hydrogen) atoms. The molecule has 5 heteroatoms. The molecular weight excluding hydrogens is 322 g/mol. The molecule has 1 atom stereocenters. The predicted octanol–water partition coefficient (Wildman–Crippen LogP) is 5.19. The molecule has 0 fully saturated rings. The number of ether oxygens (including phenoxy) is 1. The number of rotatable bonds is 3. The molecule has 0 amide bonds. The van der Waals surface area contributed by atoms with Gasteiger partial charge in [-0.15, -0.1) is 0 Å². The lowest BCUT2D eigenvalue weighted by atomic mass is 10.1. The van der Waals surface area contributed by atoms with Crippen molar-refractivity contribution in [2.75, 3.05) is 7.11 Å². The van der Waals surface area contributed by atoms with E-state index in [4.69, 9.17) is 15.3 Å². The van der Waals surface area contributed by atoms with E-state index in [-0.39, 0.29) is 11.6 Å². The van der Waals surface area contributed by atoms with Crippen LogP contribution in [-0.2, 0) is 14.3 Å². The Kier molecular flexibility index (Phi) is 30.5. The lowest BCUT2D eigenvalue weighted by Gasteiger charge is -2.14. The lowest BCUT2D eigenvalue weighted by molar-refractivity contribution is -0.108. The Labute approximate surface area is 153 Å². The van der Waals surface area contributed by atoms with E-state index in [1.807, 2.05) is 84.2 Å². The predicted molar refractivity (Wildman–Crippen MR) is 108 cm³/mol. The van der Waals surface area contributed by atoms with Gasteiger partial charge in [0, 0.05) is 19.6 Å². The van der Waals surface area contributed by atoms with E-state index in [1.54, 1.807) is 18.4 Å². The van der Waals surface area contributed by atoms with Gasteiger partial charge in [-0.25, -0.2) is 0 Å². The molecule has 1 rings (SSSR count). The van der Waals surface area contributed by atoms with Crippen LogP contribution in [0.1, 0.15) is 66.5 Å². The summed E-state index contributed by atoms with van der Waals surface area (Å²) in [7, 11) is 1.71. The van der Waals surface area contributed by atoms with Crippen molar-refractivity contribution >= 4 is 24.4 Å². The summed E-state index contributed by atoms with van der Waals surface area (Å²) in [4.78, 5) is 18.0. The molecule has 0 spiro atoms. The summed E-state index contributed by atoms with van der Waals surface area (Å²) in [5.74, 6) is 0. The lowest BCUT2D eigenvalue weighted by Crippen LogP contribution is -2.15. The van der Waals surface area contributed by atoms with Gasteiger partial charge in [0.2, 0.25) is 0 Å². The largest absolute Gasteiger partial charge is 0.379 e. The Morgan fingerprint density at radius 1 is 1.25 bits per heavy atom. The third-order valence-electron chi connectivity index (χ3n) is 2.27. The van der Waals surface area contributed by atoms with Crippen LogP contribution in [0.2, 0.25) is 0 Å². The van der Waals surface area contributed by atoms with Crippen LogP contribution in [-0.4, -0.2) is 25.8 Å². The fourth-order valence-corrected chi connectivity index (χ4v) is 1.45. The van der Waals surface area contributed by atoms with Gasteiger partial charge in [0.25, 0.3) is 0 Å². The van der Waals surface area contributed by atoms with Crippen molar-refractivity contribution in [3.8, 4) is 0 Å². The van der Waals surface area contributed by atoms with E-state index in [0.717, 1.165) is 11.8 Å². The quantitative estimate of drug-likeness (QED) is 0.595. The zero-order valence-electron chi connectivity index (χ0n) is 16.7. The first-order valence-electron chi connectivity index (χ1n) is 7.95. The van der Waals surface area contributed by atoms with Gasteiger partial charge >= 0.3 is 0 Å². The molecule has 1 unspecified atom stereocenters. The van der Waals surface area contributed by atoms with Gasteiger partial charge in [-0.05, 0) is 57.0 Å². The number of nitrogens with two attached hydrogens (primary N) is 1. The maximum atomic E-state index is 10.0. The second-order valence-electron chi connectivity index (χ2n) is 5.05. The van der Waals surface area contributed by atoms with Crippen molar-refractivity contribution in [1.82, 2.24) is 0 Å². The van der Waals surface area contributed by atoms with Crippen LogP contribution >= 0.6 is 11.3 Å². The molecular formula is C19H37NO3S. The molecule has 2 N–H and O–H groups in total. The smallest absolute Gasteiger partial charge is 0.121 e. The fraction of sp³-hybridized carbons (Fsp3) is 0.579. The molecule has 0 aliphatic heterocycles. The first kappa shape index (κ1) is 30.6. The Morgan fingerprint density at radius 2 is 1.67 bits per heavy atom. The van der Waals surface area contributed by atoms with Crippen molar-refractivity contribution in [2.24, 2.45) is 5.73 Å². The minimum Gasteiger partial charge on any atom is -0.379 e. The Balaban J connectivity index is -0.000000123. The van der Waals surface area contributed by atoms with Crippen LogP contribution in [0.25, 0.3) is 0 Å². The van der Waals surface area contributed by atoms with Crippen molar-refractivity contribution in [2.45, 2.75) is 66.5 Å². The molecule has 0 radical (unpaired) electrons. The number of thiophene rings is 1. The van der Waals surface area contributed by atoms with Crippen LogP contribution < -0.4 is 5.73 Å². The molecule has 0 aliphatic carbocycles. The van der Waals surface area contributed by atoms with Gasteiger partial charge in [-0.3, -0.25) is 0 Å². The third-order valence-corrected chi connectivity index (χ3v) is 2.97. The average Bonchev–Trinajstić information content (AvgIpc) is 3.13. The number of hydrogen-bond donors (Lipinski definition) is 1. The van der Waals surface area contributed by atoms with Crippen LogP contribution in [0.4, 0.5) is 0 Å². The van der Waals surface area contributed by atoms with E-state index in [9.17, 15) is 4.79 Å². The van der Waals surface area contributed by atoms with E-state index in [2.05, 4.69) is 0 Å². The van der Waals surface area contributed by atoms with Gasteiger partial charge in [0.15, 0.2) is 0 Å². The number of methoxy groups -OCH3 is 1. The first-order valence-corrected chi connectivity index (χ1v) is 8.89. The highest BCUT2D eigenvalue weighted by molar-refractivity contribution is 7.07. The Bertz CT molecular complexity index is 353. The molecule has 0 aliphatic rings. The second kappa shape index (κ2) is 24.0. The summed E-state index contributed by atoms with van der Waals surface area (Å²) >= 11 is 1.60. The summed E-state index contributed by atoms with van der Waals surface area (Å²) in [6.45, 7) is 16.1. The standard InChI is InChI=1S/C7H9NOS.C5H12O.C4H8.C2H6.CH2O/c8-7(1-3-9)6-2-4-10-5-6;1-5(2,3)6-4;1-3-4-2;2*1-2/h2-5,7H,1,8H2;1-4H3;3-4H,1-2H3;1-2H3;1H2/b;;4-3-;;. The van der Waals surface area contributed by atoms with Crippen molar-refractivity contribution in [3.05, 3.63) is 34.5 Å². The fourth-order valence-electron chi connectivity index (χ4n) is 0.726. The van der Waals surface area contributed by atoms with E-state index < -0.39 is 0 Å². The maximum absolute atomic E-state index is 10.0. The molecule has 1 heterocycles. The maximum Gasteiger partial charge on any atom is 0.121 e. The Hall–Kier alpha value is -1.30. The topological polar surface area (TPSA) is 69.4 Å². The zero-order valence-corrected chi connectivity index (χ0v) is 17.5. The van der Waals surface area contributed by atoms with Crippen LogP contribution in [0.15, 0.2) is 29.0 Å². The number of carbonyl (C=O) groups is 2. The normalized spacial score (nSPS) is 10.4. The molecule has 0 bridgehead atoms. The molecule has 0 saturated heterocycles. The Morgan fingerprint density at radius 3 is 1.88 bits per heavy atom. The summed E-state index contributed by atoms with van der Waals surface area (Å²) in [5, 5.41) is 3.92. The van der Waals surface area contributed by atoms with Gasteiger partial charge < -0.3 is 20.1 Å². The summed E-state index contributed by atoms with van der Waals surface area (Å²) in [6, 6.07) is 1.84. The molecule has 0 saturated carbocycles. The van der Waals surface area contributed by atoms with Crippen LogP contribution in [0.3, 0.4) is 0 Å². The number of hydrogen-bond acceptors (Lipinski definition) is 5.